The number of carbonyl (C=O) groups excluding carboxylic acids is 1. The summed E-state index contributed by atoms with van der Waals surface area (Å²) in [4.78, 5) is 13.9. The van der Waals surface area contributed by atoms with Gasteiger partial charge in [0, 0.05) is 22.4 Å². The third kappa shape index (κ3) is 9.64. The monoisotopic (exact) mass is 525 g/mol. The molecule has 0 aliphatic rings. The first-order valence-electron chi connectivity index (χ1n) is 13.8. The summed E-state index contributed by atoms with van der Waals surface area (Å²) >= 11 is 0. The molecule has 0 saturated heterocycles. The zero-order chi connectivity index (χ0) is 27.4. The van der Waals surface area contributed by atoms with Gasteiger partial charge < -0.3 is 10.2 Å². The Morgan fingerprint density at radius 3 is 1.79 bits per heavy atom. The summed E-state index contributed by atoms with van der Waals surface area (Å²) in [5.41, 5.74) is 3.99. The maximum Gasteiger partial charge on any atom is 0.416 e. The van der Waals surface area contributed by atoms with Crippen LogP contribution in [0.25, 0.3) is 0 Å². The maximum absolute atomic E-state index is 12.8. The number of carbonyl (C=O) groups is 1. The SMILES string of the molecule is CCCCCCCCc1ccc(C(=O)Nc2ccc(C[NH+](CC)Cc3ccc(C(F)(F)F)cc3)cc2)cc1. The van der Waals surface area contributed by atoms with Crippen molar-refractivity contribution in [2.45, 2.75) is 78.1 Å². The van der Waals surface area contributed by atoms with Gasteiger partial charge in [0.1, 0.15) is 13.1 Å². The zero-order valence-electron chi connectivity index (χ0n) is 22.5. The van der Waals surface area contributed by atoms with E-state index < -0.39 is 11.7 Å². The molecule has 0 heterocycles. The molecule has 3 aromatic rings. The molecule has 0 aromatic heterocycles. The van der Waals surface area contributed by atoms with E-state index in [-0.39, 0.29) is 5.91 Å². The van der Waals surface area contributed by atoms with Crippen LogP contribution in [0.2, 0.25) is 0 Å². The van der Waals surface area contributed by atoms with Gasteiger partial charge in [0.2, 0.25) is 0 Å². The van der Waals surface area contributed by atoms with Crippen LogP contribution in [0.4, 0.5) is 18.9 Å². The van der Waals surface area contributed by atoms with E-state index >= 15 is 0 Å². The van der Waals surface area contributed by atoms with Crippen molar-refractivity contribution in [2.75, 3.05) is 11.9 Å². The topological polar surface area (TPSA) is 33.5 Å². The van der Waals surface area contributed by atoms with Crippen molar-refractivity contribution in [3.8, 4) is 0 Å². The smallest absolute Gasteiger partial charge is 0.328 e. The van der Waals surface area contributed by atoms with Gasteiger partial charge in [0.05, 0.1) is 12.1 Å². The Balaban J connectivity index is 1.47. The van der Waals surface area contributed by atoms with Crippen LogP contribution in [-0.4, -0.2) is 12.5 Å². The van der Waals surface area contributed by atoms with Crippen LogP contribution in [0.3, 0.4) is 0 Å². The van der Waals surface area contributed by atoms with E-state index in [0.717, 1.165) is 48.5 Å². The summed E-state index contributed by atoms with van der Waals surface area (Å²) in [6.45, 7) is 6.52. The van der Waals surface area contributed by atoms with Crippen molar-refractivity contribution in [1.29, 1.82) is 0 Å². The number of halogens is 3. The summed E-state index contributed by atoms with van der Waals surface area (Å²) in [5.74, 6) is -0.132. The highest BCUT2D eigenvalue weighted by Gasteiger charge is 2.30. The Hall–Kier alpha value is -3.12. The molecule has 3 rings (SSSR count). The van der Waals surface area contributed by atoms with Crippen molar-refractivity contribution in [2.24, 2.45) is 0 Å². The normalized spacial score (nSPS) is 12.3. The second-order valence-electron chi connectivity index (χ2n) is 10.0. The lowest BCUT2D eigenvalue weighted by Crippen LogP contribution is -3.09. The second kappa shape index (κ2) is 14.7. The minimum atomic E-state index is -4.32. The molecular formula is C32H40F3N2O+. The van der Waals surface area contributed by atoms with Gasteiger partial charge in [-0.15, -0.1) is 0 Å². The van der Waals surface area contributed by atoms with Crippen LogP contribution >= 0.6 is 0 Å². The molecule has 3 aromatic carbocycles. The quantitative estimate of drug-likeness (QED) is 0.210. The van der Waals surface area contributed by atoms with Crippen molar-refractivity contribution in [3.05, 3.63) is 101 Å². The van der Waals surface area contributed by atoms with Crippen molar-refractivity contribution < 1.29 is 22.9 Å². The van der Waals surface area contributed by atoms with E-state index in [2.05, 4.69) is 19.2 Å². The first kappa shape index (κ1) is 29.4. The lowest BCUT2D eigenvalue weighted by atomic mass is 10.0. The summed E-state index contributed by atoms with van der Waals surface area (Å²) in [6, 6.07) is 21.0. The lowest BCUT2D eigenvalue weighted by Gasteiger charge is -2.18. The number of nitrogens with one attached hydrogen (secondary N) is 2. The minimum Gasteiger partial charge on any atom is -0.328 e. The van der Waals surface area contributed by atoms with Gasteiger partial charge in [0.25, 0.3) is 5.91 Å². The number of hydrogen-bond acceptors (Lipinski definition) is 1. The number of quaternary nitrogens is 1. The van der Waals surface area contributed by atoms with Gasteiger partial charge >= 0.3 is 6.18 Å². The second-order valence-corrected chi connectivity index (χ2v) is 10.0. The Morgan fingerprint density at radius 1 is 0.711 bits per heavy atom. The highest BCUT2D eigenvalue weighted by Crippen LogP contribution is 2.29. The first-order valence-corrected chi connectivity index (χ1v) is 13.8. The molecular weight excluding hydrogens is 485 g/mol. The average molecular weight is 526 g/mol. The molecule has 0 saturated carbocycles. The van der Waals surface area contributed by atoms with Gasteiger partial charge in [-0.05, 0) is 61.7 Å². The third-order valence-corrected chi connectivity index (χ3v) is 6.94. The van der Waals surface area contributed by atoms with Gasteiger partial charge in [-0.2, -0.15) is 13.2 Å². The molecule has 1 atom stereocenters. The molecule has 2 N–H and O–H groups in total. The van der Waals surface area contributed by atoms with E-state index in [4.69, 9.17) is 0 Å². The summed E-state index contributed by atoms with van der Waals surface area (Å²) in [6.07, 6.45) is 4.36. The maximum atomic E-state index is 12.8. The van der Waals surface area contributed by atoms with Crippen LogP contribution in [0.15, 0.2) is 72.8 Å². The summed E-state index contributed by atoms with van der Waals surface area (Å²) < 4.78 is 38.4. The van der Waals surface area contributed by atoms with E-state index in [9.17, 15) is 18.0 Å². The molecule has 38 heavy (non-hydrogen) atoms. The standard InChI is InChI=1S/C32H39F3N2O/c1-3-5-6-7-8-9-10-25-11-17-28(18-12-25)31(38)36-30-21-15-27(16-22-30)24-37(4-2)23-26-13-19-29(20-14-26)32(33,34)35/h11-22H,3-10,23-24H2,1-2H3,(H,36,38)/p+1. The average Bonchev–Trinajstić information content (AvgIpc) is 2.91. The molecule has 0 bridgehead atoms. The first-order chi connectivity index (χ1) is 18.3. The number of rotatable bonds is 14. The summed E-state index contributed by atoms with van der Waals surface area (Å²) in [5, 5.41) is 2.96. The van der Waals surface area contributed by atoms with Crippen molar-refractivity contribution in [1.82, 2.24) is 0 Å². The zero-order valence-corrected chi connectivity index (χ0v) is 22.5. The van der Waals surface area contributed by atoms with Crippen LogP contribution in [0.5, 0.6) is 0 Å². The number of benzene rings is 3. The third-order valence-electron chi connectivity index (χ3n) is 6.94. The van der Waals surface area contributed by atoms with Crippen LogP contribution in [0, 0.1) is 0 Å². The van der Waals surface area contributed by atoms with Crippen molar-refractivity contribution >= 4 is 11.6 Å². The minimum absolute atomic E-state index is 0.132. The molecule has 0 fully saturated rings. The molecule has 0 aliphatic carbocycles. The molecule has 0 radical (unpaired) electrons. The number of amides is 1. The van der Waals surface area contributed by atoms with Gasteiger partial charge in [-0.25, -0.2) is 0 Å². The highest BCUT2D eigenvalue weighted by molar-refractivity contribution is 6.04. The van der Waals surface area contributed by atoms with E-state index in [0.29, 0.717) is 12.1 Å². The Labute approximate surface area is 225 Å². The largest absolute Gasteiger partial charge is 0.416 e. The Bertz CT molecular complexity index is 1110. The van der Waals surface area contributed by atoms with Crippen LogP contribution in [-0.2, 0) is 25.7 Å². The highest BCUT2D eigenvalue weighted by atomic mass is 19.4. The van der Waals surface area contributed by atoms with Crippen molar-refractivity contribution in [3.63, 3.8) is 0 Å². The van der Waals surface area contributed by atoms with E-state index in [1.807, 2.05) is 48.5 Å². The number of anilines is 1. The Morgan fingerprint density at radius 2 is 1.24 bits per heavy atom. The number of alkyl halides is 3. The van der Waals surface area contributed by atoms with Gasteiger partial charge in [-0.1, -0.05) is 75.4 Å². The predicted molar refractivity (Wildman–Crippen MR) is 148 cm³/mol. The lowest BCUT2D eigenvalue weighted by molar-refractivity contribution is -0.925. The van der Waals surface area contributed by atoms with Crippen LogP contribution < -0.4 is 10.2 Å². The molecule has 6 heteroatoms. The fraction of sp³-hybridized carbons (Fsp3) is 0.406. The molecule has 204 valence electrons. The number of hydrogen-bond donors (Lipinski definition) is 2. The summed E-state index contributed by atoms with van der Waals surface area (Å²) in [7, 11) is 0. The molecule has 1 amide bonds. The fourth-order valence-electron chi connectivity index (χ4n) is 4.54. The Kier molecular flexibility index (Phi) is 11.4. The molecule has 3 nitrogen and oxygen atoms in total. The number of aryl methyl sites for hydroxylation is 1. The van der Waals surface area contributed by atoms with Gasteiger partial charge in [0.15, 0.2) is 0 Å². The van der Waals surface area contributed by atoms with Crippen LogP contribution in [0.1, 0.15) is 85.0 Å². The predicted octanol–water partition coefficient (Wildman–Crippen LogP) is 7.47. The molecule has 1 unspecified atom stereocenters. The number of unbranched alkanes of at least 4 members (excludes halogenated alkanes) is 5. The van der Waals surface area contributed by atoms with Gasteiger partial charge in [-0.3, -0.25) is 4.79 Å². The molecule has 0 spiro atoms. The van der Waals surface area contributed by atoms with E-state index in [1.165, 1.54) is 49.0 Å². The molecule has 0 aliphatic heterocycles. The fourth-order valence-corrected chi connectivity index (χ4v) is 4.54. The van der Waals surface area contributed by atoms with E-state index in [1.54, 1.807) is 12.1 Å².